The van der Waals surface area contributed by atoms with Crippen molar-refractivity contribution >= 4 is 29.0 Å². The molecule has 0 aliphatic heterocycles. The summed E-state index contributed by atoms with van der Waals surface area (Å²) in [7, 11) is 1.53. The summed E-state index contributed by atoms with van der Waals surface area (Å²) in [6.45, 7) is 0.315. The molecule has 0 amide bonds. The molecule has 2 aromatic rings. The van der Waals surface area contributed by atoms with Crippen LogP contribution < -0.4 is 15.2 Å². The number of halogens is 2. The average molecular weight is 325 g/mol. The van der Waals surface area contributed by atoms with E-state index in [0.29, 0.717) is 33.7 Å². The third-order valence-corrected chi connectivity index (χ3v) is 3.37. The van der Waals surface area contributed by atoms with Gasteiger partial charge in [0.15, 0.2) is 0 Å². The first-order valence-corrected chi connectivity index (χ1v) is 6.86. The van der Waals surface area contributed by atoms with Crippen LogP contribution in [0.2, 0.25) is 10.0 Å². The Morgan fingerprint density at radius 3 is 2.52 bits per heavy atom. The molecule has 2 rings (SSSR count). The number of ether oxygens (including phenoxy) is 2. The van der Waals surface area contributed by atoms with Crippen LogP contribution in [0.1, 0.15) is 11.1 Å². The van der Waals surface area contributed by atoms with Gasteiger partial charge in [0.05, 0.1) is 17.7 Å². The van der Waals surface area contributed by atoms with Gasteiger partial charge in [-0.2, -0.15) is 0 Å². The standard InChI is InChI=1S/C15H14Cl2N2O2/c1-20-14-6-9(2-4-11(14)15(18)19)8-21-13-5-3-10(16)7-12(13)17/h2-7H,8H2,1H3,(H3,18,19). The van der Waals surface area contributed by atoms with Crippen molar-refractivity contribution < 1.29 is 9.47 Å². The molecule has 2 aromatic carbocycles. The molecule has 0 saturated carbocycles. The molecule has 0 aliphatic rings. The zero-order valence-corrected chi connectivity index (χ0v) is 12.8. The highest BCUT2D eigenvalue weighted by Gasteiger charge is 2.08. The van der Waals surface area contributed by atoms with Crippen molar-refractivity contribution in [1.82, 2.24) is 0 Å². The van der Waals surface area contributed by atoms with Gasteiger partial charge in [-0.25, -0.2) is 0 Å². The van der Waals surface area contributed by atoms with E-state index in [-0.39, 0.29) is 5.84 Å². The third-order valence-electron chi connectivity index (χ3n) is 2.84. The number of benzene rings is 2. The number of nitrogens with one attached hydrogen (secondary N) is 1. The first-order valence-electron chi connectivity index (χ1n) is 6.10. The predicted octanol–water partition coefficient (Wildman–Crippen LogP) is 3.87. The Labute approximate surface area is 132 Å². The van der Waals surface area contributed by atoms with Crippen LogP contribution in [-0.4, -0.2) is 12.9 Å². The first-order chi connectivity index (χ1) is 10.0. The highest BCUT2D eigenvalue weighted by atomic mass is 35.5. The Bertz CT molecular complexity index is 675. The van der Waals surface area contributed by atoms with E-state index < -0.39 is 0 Å². The van der Waals surface area contributed by atoms with E-state index in [0.717, 1.165) is 5.56 Å². The average Bonchev–Trinajstić information content (AvgIpc) is 2.45. The van der Waals surface area contributed by atoms with Gasteiger partial charge in [0, 0.05) is 5.02 Å². The predicted molar refractivity (Wildman–Crippen MR) is 84.8 cm³/mol. The van der Waals surface area contributed by atoms with Gasteiger partial charge in [-0.15, -0.1) is 0 Å². The molecule has 0 spiro atoms. The van der Waals surface area contributed by atoms with E-state index in [1.165, 1.54) is 7.11 Å². The highest BCUT2D eigenvalue weighted by Crippen LogP contribution is 2.28. The molecular weight excluding hydrogens is 311 g/mol. The number of amidine groups is 1. The lowest BCUT2D eigenvalue weighted by atomic mass is 10.1. The van der Waals surface area contributed by atoms with E-state index in [9.17, 15) is 0 Å². The smallest absolute Gasteiger partial charge is 0.138 e. The van der Waals surface area contributed by atoms with E-state index in [1.807, 2.05) is 6.07 Å². The second-order valence-corrected chi connectivity index (χ2v) is 5.16. The molecular formula is C15H14Cl2N2O2. The maximum absolute atomic E-state index is 7.47. The van der Waals surface area contributed by atoms with Crippen molar-refractivity contribution in [3.63, 3.8) is 0 Å². The molecule has 4 nitrogen and oxygen atoms in total. The minimum absolute atomic E-state index is 0.0416. The van der Waals surface area contributed by atoms with E-state index in [4.69, 9.17) is 43.8 Å². The quantitative estimate of drug-likeness (QED) is 0.648. The molecule has 0 unspecified atom stereocenters. The van der Waals surface area contributed by atoms with Crippen molar-refractivity contribution in [2.75, 3.05) is 7.11 Å². The molecule has 0 heterocycles. The van der Waals surface area contributed by atoms with E-state index in [2.05, 4.69) is 0 Å². The molecule has 3 N–H and O–H groups in total. The van der Waals surface area contributed by atoms with Crippen molar-refractivity contribution in [2.24, 2.45) is 5.73 Å². The minimum Gasteiger partial charge on any atom is -0.496 e. The van der Waals surface area contributed by atoms with Gasteiger partial charge in [0.25, 0.3) is 0 Å². The lowest BCUT2D eigenvalue weighted by Crippen LogP contribution is -2.12. The Morgan fingerprint density at radius 1 is 1.14 bits per heavy atom. The fraction of sp³-hybridized carbons (Fsp3) is 0.133. The second kappa shape index (κ2) is 6.70. The third kappa shape index (κ3) is 3.80. The molecule has 0 bridgehead atoms. The van der Waals surface area contributed by atoms with Crippen LogP contribution in [0.25, 0.3) is 0 Å². The Hall–Kier alpha value is -1.91. The largest absolute Gasteiger partial charge is 0.496 e. The van der Waals surface area contributed by atoms with Gasteiger partial charge in [-0.3, -0.25) is 5.41 Å². The number of methoxy groups -OCH3 is 1. The van der Waals surface area contributed by atoms with E-state index in [1.54, 1.807) is 30.3 Å². The Kier molecular flexibility index (Phi) is 4.94. The summed E-state index contributed by atoms with van der Waals surface area (Å²) in [6, 6.07) is 10.4. The zero-order valence-electron chi connectivity index (χ0n) is 11.3. The van der Waals surface area contributed by atoms with Gasteiger partial charge in [0.2, 0.25) is 0 Å². The summed E-state index contributed by atoms with van der Waals surface area (Å²) in [4.78, 5) is 0. The molecule has 6 heteroatoms. The second-order valence-electron chi connectivity index (χ2n) is 4.31. The summed E-state index contributed by atoms with van der Waals surface area (Å²) in [5.41, 5.74) is 6.91. The van der Waals surface area contributed by atoms with Gasteiger partial charge in [0.1, 0.15) is 23.9 Å². The van der Waals surface area contributed by atoms with Crippen LogP contribution in [-0.2, 0) is 6.61 Å². The first kappa shape index (κ1) is 15.5. The normalized spacial score (nSPS) is 10.2. The molecule has 0 fully saturated rings. The molecule has 0 aromatic heterocycles. The summed E-state index contributed by atoms with van der Waals surface area (Å²) in [5, 5.41) is 8.48. The molecule has 0 radical (unpaired) electrons. The maximum atomic E-state index is 7.47. The Morgan fingerprint density at radius 2 is 1.90 bits per heavy atom. The topological polar surface area (TPSA) is 68.3 Å². The minimum atomic E-state index is -0.0416. The zero-order chi connectivity index (χ0) is 15.4. The summed E-state index contributed by atoms with van der Waals surface area (Å²) < 4.78 is 10.9. The number of nitrogen functional groups attached to an aromatic ring is 1. The summed E-state index contributed by atoms with van der Waals surface area (Å²) in [5.74, 6) is 1.04. The number of hydrogen-bond acceptors (Lipinski definition) is 3. The summed E-state index contributed by atoms with van der Waals surface area (Å²) >= 11 is 11.9. The summed E-state index contributed by atoms with van der Waals surface area (Å²) in [6.07, 6.45) is 0. The molecule has 21 heavy (non-hydrogen) atoms. The monoisotopic (exact) mass is 324 g/mol. The van der Waals surface area contributed by atoms with Crippen molar-refractivity contribution in [1.29, 1.82) is 5.41 Å². The van der Waals surface area contributed by atoms with Gasteiger partial charge in [-0.1, -0.05) is 29.3 Å². The van der Waals surface area contributed by atoms with Crippen LogP contribution in [0.5, 0.6) is 11.5 Å². The number of hydrogen-bond donors (Lipinski definition) is 2. The van der Waals surface area contributed by atoms with Crippen LogP contribution in [0.3, 0.4) is 0 Å². The lowest BCUT2D eigenvalue weighted by Gasteiger charge is -2.11. The molecule has 0 saturated heterocycles. The van der Waals surface area contributed by atoms with Crippen LogP contribution in [0, 0.1) is 5.41 Å². The van der Waals surface area contributed by atoms with Gasteiger partial charge < -0.3 is 15.2 Å². The van der Waals surface area contributed by atoms with Crippen LogP contribution in [0.4, 0.5) is 0 Å². The van der Waals surface area contributed by atoms with Crippen molar-refractivity contribution in [3.05, 3.63) is 57.6 Å². The van der Waals surface area contributed by atoms with Gasteiger partial charge >= 0.3 is 0 Å². The highest BCUT2D eigenvalue weighted by molar-refractivity contribution is 6.35. The number of nitrogens with two attached hydrogens (primary N) is 1. The molecule has 110 valence electrons. The van der Waals surface area contributed by atoms with Crippen molar-refractivity contribution in [3.8, 4) is 11.5 Å². The van der Waals surface area contributed by atoms with Crippen molar-refractivity contribution in [2.45, 2.75) is 6.61 Å². The SMILES string of the molecule is COc1cc(COc2ccc(Cl)cc2Cl)ccc1C(=N)N. The van der Waals surface area contributed by atoms with Crippen LogP contribution in [0.15, 0.2) is 36.4 Å². The van der Waals surface area contributed by atoms with E-state index >= 15 is 0 Å². The van der Waals surface area contributed by atoms with Gasteiger partial charge in [-0.05, 0) is 35.9 Å². The fourth-order valence-corrected chi connectivity index (χ4v) is 2.26. The lowest BCUT2D eigenvalue weighted by molar-refractivity contribution is 0.305. The molecule has 0 atom stereocenters. The fourth-order valence-electron chi connectivity index (χ4n) is 1.80. The molecule has 0 aliphatic carbocycles. The number of rotatable bonds is 5. The maximum Gasteiger partial charge on any atom is 0.138 e. The van der Waals surface area contributed by atoms with Crippen LogP contribution >= 0.6 is 23.2 Å². The Balaban J connectivity index is 2.15.